The summed E-state index contributed by atoms with van der Waals surface area (Å²) in [7, 11) is 0. The second-order valence-electron chi connectivity index (χ2n) is 5.54. The van der Waals surface area contributed by atoms with Crippen LogP contribution in [0, 0.1) is 6.92 Å². The molecule has 0 aliphatic rings. The number of imidazole rings is 1. The Morgan fingerprint density at radius 1 is 1.33 bits per heavy atom. The number of amides is 2. The minimum absolute atomic E-state index is 0.0689. The molecule has 6 nitrogen and oxygen atoms in total. The Labute approximate surface area is 146 Å². The zero-order chi connectivity index (χ0) is 17.7. The van der Waals surface area contributed by atoms with Gasteiger partial charge in [0, 0.05) is 17.1 Å². The number of nitrogens with zero attached hydrogens (tertiary/aromatic N) is 2. The van der Waals surface area contributed by atoms with Gasteiger partial charge in [0.1, 0.15) is 11.6 Å². The van der Waals surface area contributed by atoms with E-state index in [0.717, 1.165) is 19.3 Å². The van der Waals surface area contributed by atoms with Crippen LogP contribution in [-0.2, 0) is 6.54 Å². The Bertz CT molecular complexity index is 755. The summed E-state index contributed by atoms with van der Waals surface area (Å²) >= 11 is 5.92. The van der Waals surface area contributed by atoms with Crippen LogP contribution in [0.15, 0.2) is 24.3 Å². The van der Waals surface area contributed by atoms with Crippen molar-refractivity contribution in [3.8, 4) is 0 Å². The summed E-state index contributed by atoms with van der Waals surface area (Å²) in [4.78, 5) is 28.3. The molecule has 0 saturated heterocycles. The third-order valence-corrected chi connectivity index (χ3v) is 3.93. The van der Waals surface area contributed by atoms with Crippen molar-refractivity contribution in [2.75, 3.05) is 5.32 Å². The van der Waals surface area contributed by atoms with Gasteiger partial charge in [0.2, 0.25) is 0 Å². The highest BCUT2D eigenvalue weighted by Gasteiger charge is 2.21. The standard InChI is InChI=1S/C17H21ClN4O2/c1-3-4-5-9-22-11(2)20-14(15(19)23)16(22)21-17(24)12-7-6-8-13(18)10-12/h6-8,10H,3-5,9H2,1-2H3,(H2,19,23)(H,21,24). The first-order valence-corrected chi connectivity index (χ1v) is 8.25. The predicted octanol–water partition coefficient (Wildman–Crippen LogP) is 3.39. The van der Waals surface area contributed by atoms with Crippen LogP contribution in [0.25, 0.3) is 0 Å². The van der Waals surface area contributed by atoms with Gasteiger partial charge in [-0.15, -0.1) is 0 Å². The molecule has 24 heavy (non-hydrogen) atoms. The number of aryl methyl sites for hydroxylation is 1. The van der Waals surface area contributed by atoms with E-state index in [2.05, 4.69) is 17.2 Å². The fourth-order valence-electron chi connectivity index (χ4n) is 2.47. The molecule has 2 amide bonds. The normalized spacial score (nSPS) is 10.6. The molecule has 2 rings (SSSR count). The van der Waals surface area contributed by atoms with Crippen molar-refractivity contribution in [3.63, 3.8) is 0 Å². The van der Waals surface area contributed by atoms with Gasteiger partial charge in [-0.1, -0.05) is 37.4 Å². The first kappa shape index (κ1) is 18.0. The molecule has 0 saturated carbocycles. The molecular weight excluding hydrogens is 328 g/mol. The molecule has 7 heteroatoms. The van der Waals surface area contributed by atoms with Crippen LogP contribution in [-0.4, -0.2) is 21.4 Å². The Morgan fingerprint density at radius 3 is 2.71 bits per heavy atom. The highest BCUT2D eigenvalue weighted by molar-refractivity contribution is 6.31. The predicted molar refractivity (Wildman–Crippen MR) is 94.4 cm³/mol. The van der Waals surface area contributed by atoms with E-state index < -0.39 is 5.91 Å². The lowest BCUT2D eigenvalue weighted by Crippen LogP contribution is -2.20. The minimum atomic E-state index is -0.672. The molecule has 0 unspecified atom stereocenters. The van der Waals surface area contributed by atoms with Gasteiger partial charge in [0.15, 0.2) is 5.69 Å². The summed E-state index contributed by atoms with van der Waals surface area (Å²) < 4.78 is 1.82. The lowest BCUT2D eigenvalue weighted by atomic mass is 10.2. The number of unbranched alkanes of at least 4 members (excludes halogenated alkanes) is 2. The molecule has 0 aliphatic heterocycles. The second-order valence-corrected chi connectivity index (χ2v) is 5.98. The van der Waals surface area contributed by atoms with Crippen molar-refractivity contribution in [3.05, 3.63) is 46.4 Å². The number of halogens is 1. The second kappa shape index (κ2) is 7.97. The molecule has 0 aliphatic carbocycles. The van der Waals surface area contributed by atoms with Gasteiger partial charge in [-0.3, -0.25) is 9.59 Å². The summed E-state index contributed by atoms with van der Waals surface area (Å²) in [6.07, 6.45) is 3.04. The van der Waals surface area contributed by atoms with Gasteiger partial charge in [0.25, 0.3) is 11.8 Å². The van der Waals surface area contributed by atoms with E-state index >= 15 is 0 Å². The molecule has 1 aromatic heterocycles. The van der Waals surface area contributed by atoms with E-state index in [0.29, 0.717) is 28.8 Å². The van der Waals surface area contributed by atoms with Gasteiger partial charge in [-0.25, -0.2) is 4.98 Å². The maximum Gasteiger partial charge on any atom is 0.271 e. The maximum atomic E-state index is 12.5. The molecule has 0 atom stereocenters. The lowest BCUT2D eigenvalue weighted by Gasteiger charge is -2.12. The third-order valence-electron chi connectivity index (χ3n) is 3.70. The summed E-state index contributed by atoms with van der Waals surface area (Å²) in [5, 5.41) is 3.22. The number of nitrogens with one attached hydrogen (secondary N) is 1. The molecule has 1 aromatic carbocycles. The van der Waals surface area contributed by atoms with E-state index in [4.69, 9.17) is 17.3 Å². The number of anilines is 1. The molecule has 0 fully saturated rings. The number of hydrogen-bond acceptors (Lipinski definition) is 3. The molecule has 0 radical (unpaired) electrons. The summed E-state index contributed by atoms with van der Waals surface area (Å²) in [5.74, 6) is -0.0623. The van der Waals surface area contributed by atoms with Crippen molar-refractivity contribution in [2.24, 2.45) is 5.73 Å². The van der Waals surface area contributed by atoms with Crippen LogP contribution >= 0.6 is 11.6 Å². The quantitative estimate of drug-likeness (QED) is 0.751. The van der Waals surface area contributed by atoms with Crippen LogP contribution in [0.1, 0.15) is 52.9 Å². The maximum absolute atomic E-state index is 12.5. The van der Waals surface area contributed by atoms with Gasteiger partial charge < -0.3 is 15.6 Å². The van der Waals surface area contributed by atoms with Crippen LogP contribution in [0.2, 0.25) is 5.02 Å². The molecule has 0 bridgehead atoms. The zero-order valence-electron chi connectivity index (χ0n) is 13.8. The molecule has 2 aromatic rings. The summed E-state index contributed by atoms with van der Waals surface area (Å²) in [6, 6.07) is 6.59. The van der Waals surface area contributed by atoms with Crippen LogP contribution in [0.5, 0.6) is 0 Å². The molecule has 128 valence electrons. The minimum Gasteiger partial charge on any atom is -0.364 e. The van der Waals surface area contributed by atoms with E-state index in [1.54, 1.807) is 31.2 Å². The Hall–Kier alpha value is -2.34. The largest absolute Gasteiger partial charge is 0.364 e. The summed E-state index contributed by atoms with van der Waals surface area (Å²) in [6.45, 7) is 4.55. The number of carbonyl (C=O) groups excluding carboxylic acids is 2. The van der Waals surface area contributed by atoms with Crippen molar-refractivity contribution >= 4 is 29.2 Å². The molecular formula is C17H21ClN4O2. The van der Waals surface area contributed by atoms with Crippen molar-refractivity contribution < 1.29 is 9.59 Å². The average molecular weight is 349 g/mol. The van der Waals surface area contributed by atoms with Crippen molar-refractivity contribution in [1.29, 1.82) is 0 Å². The van der Waals surface area contributed by atoms with Crippen molar-refractivity contribution in [1.82, 2.24) is 9.55 Å². The highest BCUT2D eigenvalue weighted by Crippen LogP contribution is 2.20. The Balaban J connectivity index is 2.32. The van der Waals surface area contributed by atoms with Gasteiger partial charge in [-0.2, -0.15) is 0 Å². The monoisotopic (exact) mass is 348 g/mol. The number of hydrogen-bond donors (Lipinski definition) is 2. The number of benzene rings is 1. The number of carbonyl (C=O) groups is 2. The Morgan fingerprint density at radius 2 is 2.08 bits per heavy atom. The van der Waals surface area contributed by atoms with Gasteiger partial charge >= 0.3 is 0 Å². The fraction of sp³-hybridized carbons (Fsp3) is 0.353. The number of rotatable bonds is 7. The molecule has 1 heterocycles. The van der Waals surface area contributed by atoms with Crippen LogP contribution < -0.4 is 11.1 Å². The molecule has 0 spiro atoms. The van der Waals surface area contributed by atoms with E-state index in [9.17, 15) is 9.59 Å². The Kier molecular flexibility index (Phi) is 5.98. The zero-order valence-corrected chi connectivity index (χ0v) is 14.6. The summed E-state index contributed by atoms with van der Waals surface area (Å²) in [5.41, 5.74) is 5.87. The topological polar surface area (TPSA) is 90.0 Å². The number of aromatic nitrogens is 2. The van der Waals surface area contributed by atoms with E-state index in [1.807, 2.05) is 4.57 Å². The SMILES string of the molecule is CCCCCn1c(C)nc(C(N)=O)c1NC(=O)c1cccc(Cl)c1. The first-order valence-electron chi connectivity index (χ1n) is 7.88. The van der Waals surface area contributed by atoms with Crippen LogP contribution in [0.4, 0.5) is 5.82 Å². The number of primary amides is 1. The first-order chi connectivity index (χ1) is 11.4. The smallest absolute Gasteiger partial charge is 0.271 e. The fourth-order valence-corrected chi connectivity index (χ4v) is 2.66. The number of nitrogens with two attached hydrogens (primary N) is 1. The lowest BCUT2D eigenvalue weighted by molar-refractivity contribution is 0.0996. The van der Waals surface area contributed by atoms with Gasteiger partial charge in [-0.05, 0) is 31.5 Å². The van der Waals surface area contributed by atoms with E-state index in [1.165, 1.54) is 0 Å². The third kappa shape index (κ3) is 4.14. The average Bonchev–Trinajstić information content (AvgIpc) is 2.84. The van der Waals surface area contributed by atoms with Crippen LogP contribution in [0.3, 0.4) is 0 Å². The van der Waals surface area contributed by atoms with E-state index in [-0.39, 0.29) is 11.6 Å². The highest BCUT2D eigenvalue weighted by atomic mass is 35.5. The molecule has 3 N–H and O–H groups in total. The van der Waals surface area contributed by atoms with Crippen molar-refractivity contribution in [2.45, 2.75) is 39.7 Å². The van der Waals surface area contributed by atoms with Gasteiger partial charge in [0.05, 0.1) is 0 Å².